The molecule has 0 aliphatic rings. The minimum Gasteiger partial charge on any atom is -0.332 e. The van der Waals surface area contributed by atoms with Gasteiger partial charge in [-0.05, 0) is 68.3 Å². The van der Waals surface area contributed by atoms with Crippen LogP contribution in [0.15, 0.2) is 71.6 Å². The van der Waals surface area contributed by atoms with Crippen LogP contribution in [0.4, 0.5) is 11.4 Å². The Hall–Kier alpha value is -3.65. The minimum absolute atomic E-state index is 0.117. The van der Waals surface area contributed by atoms with Crippen molar-refractivity contribution in [2.75, 3.05) is 23.6 Å². The molecule has 2 N–H and O–H groups in total. The number of rotatable bonds is 7. The predicted octanol–water partition coefficient (Wildman–Crippen LogP) is 4.12. The molecule has 0 spiro atoms. The van der Waals surface area contributed by atoms with Gasteiger partial charge in [0.25, 0.3) is 15.9 Å². The molecule has 2 amide bonds. The van der Waals surface area contributed by atoms with E-state index in [1.165, 1.54) is 41.3 Å². The molecule has 0 radical (unpaired) electrons. The van der Waals surface area contributed by atoms with Crippen LogP contribution in [-0.2, 0) is 14.8 Å². The van der Waals surface area contributed by atoms with Gasteiger partial charge in [0.05, 0.1) is 11.4 Å². The number of nitrogens with zero attached hydrogens (tertiary/aromatic N) is 1. The normalized spacial score (nSPS) is 11.0. The number of amides is 2. The Bertz CT molecular complexity index is 1250. The number of nitrogens with one attached hydrogen (secondary N) is 2. The monoisotopic (exact) mass is 465 g/mol. The van der Waals surface area contributed by atoms with Gasteiger partial charge in [0.1, 0.15) is 0 Å². The van der Waals surface area contributed by atoms with Crippen LogP contribution in [0.5, 0.6) is 0 Å². The van der Waals surface area contributed by atoms with Gasteiger partial charge in [-0.3, -0.25) is 14.3 Å². The number of sulfonamides is 1. The fraction of sp³-hybridized carbons (Fsp3) is 0.200. The van der Waals surface area contributed by atoms with Gasteiger partial charge in [-0.2, -0.15) is 0 Å². The molecular formula is C25H27N3O4S. The number of anilines is 2. The summed E-state index contributed by atoms with van der Waals surface area (Å²) in [6.07, 6.45) is 0. The zero-order valence-corrected chi connectivity index (χ0v) is 19.9. The summed E-state index contributed by atoms with van der Waals surface area (Å²) in [5.41, 5.74) is 4.47. The van der Waals surface area contributed by atoms with Gasteiger partial charge in [0.15, 0.2) is 0 Å². The molecule has 172 valence electrons. The second-order valence-electron chi connectivity index (χ2n) is 7.98. The molecule has 0 fully saturated rings. The fourth-order valence-electron chi connectivity index (χ4n) is 3.56. The predicted molar refractivity (Wildman–Crippen MR) is 130 cm³/mol. The SMILES string of the molecule is Cc1cc(C)c(NC(=O)CN(C)C(=O)c2ccc(NS(=O)(=O)c3ccccc3)cc2)c(C)c1. The molecule has 3 aromatic rings. The molecule has 0 bridgehead atoms. The highest BCUT2D eigenvalue weighted by Crippen LogP contribution is 2.22. The van der Waals surface area contributed by atoms with Crippen molar-refractivity contribution in [3.8, 4) is 0 Å². The van der Waals surface area contributed by atoms with Crippen molar-refractivity contribution in [1.29, 1.82) is 0 Å². The van der Waals surface area contributed by atoms with Crippen molar-refractivity contribution in [3.05, 3.63) is 89.0 Å². The van der Waals surface area contributed by atoms with Crippen molar-refractivity contribution in [2.24, 2.45) is 0 Å². The number of carbonyl (C=O) groups excluding carboxylic acids is 2. The fourth-order valence-corrected chi connectivity index (χ4v) is 4.64. The van der Waals surface area contributed by atoms with Gasteiger partial charge in [-0.1, -0.05) is 35.9 Å². The lowest BCUT2D eigenvalue weighted by Crippen LogP contribution is -2.35. The van der Waals surface area contributed by atoms with Crippen molar-refractivity contribution < 1.29 is 18.0 Å². The van der Waals surface area contributed by atoms with Crippen LogP contribution >= 0.6 is 0 Å². The first-order chi connectivity index (χ1) is 15.6. The van der Waals surface area contributed by atoms with Crippen LogP contribution in [0.25, 0.3) is 0 Å². The van der Waals surface area contributed by atoms with Gasteiger partial charge >= 0.3 is 0 Å². The summed E-state index contributed by atoms with van der Waals surface area (Å²) in [7, 11) is -2.17. The minimum atomic E-state index is -3.72. The third kappa shape index (κ3) is 5.98. The van der Waals surface area contributed by atoms with E-state index in [4.69, 9.17) is 0 Å². The summed E-state index contributed by atoms with van der Waals surface area (Å²) < 4.78 is 27.4. The van der Waals surface area contributed by atoms with Crippen molar-refractivity contribution >= 4 is 33.2 Å². The number of hydrogen-bond acceptors (Lipinski definition) is 4. The Morgan fingerprint density at radius 1 is 0.879 bits per heavy atom. The largest absolute Gasteiger partial charge is 0.332 e. The van der Waals surface area contributed by atoms with Crippen molar-refractivity contribution in [2.45, 2.75) is 25.7 Å². The summed E-state index contributed by atoms with van der Waals surface area (Å²) in [6, 6.07) is 18.1. The molecule has 0 unspecified atom stereocenters. The highest BCUT2D eigenvalue weighted by molar-refractivity contribution is 7.92. The van der Waals surface area contributed by atoms with Crippen molar-refractivity contribution in [1.82, 2.24) is 4.90 Å². The lowest BCUT2D eigenvalue weighted by atomic mass is 10.1. The molecule has 0 atom stereocenters. The summed E-state index contributed by atoms with van der Waals surface area (Å²) in [6.45, 7) is 5.74. The van der Waals surface area contributed by atoms with Crippen LogP contribution in [0.3, 0.4) is 0 Å². The lowest BCUT2D eigenvalue weighted by Gasteiger charge is -2.19. The van der Waals surface area contributed by atoms with Gasteiger partial charge in [0, 0.05) is 24.0 Å². The van der Waals surface area contributed by atoms with Crippen LogP contribution < -0.4 is 10.0 Å². The van der Waals surface area contributed by atoms with Gasteiger partial charge in [-0.15, -0.1) is 0 Å². The van der Waals surface area contributed by atoms with Gasteiger partial charge < -0.3 is 10.2 Å². The maximum absolute atomic E-state index is 12.7. The Balaban J connectivity index is 1.63. The summed E-state index contributed by atoms with van der Waals surface area (Å²) in [4.78, 5) is 26.7. The van der Waals surface area contributed by atoms with E-state index < -0.39 is 10.0 Å². The lowest BCUT2D eigenvalue weighted by molar-refractivity contribution is -0.116. The Morgan fingerprint density at radius 2 is 1.45 bits per heavy atom. The average molecular weight is 466 g/mol. The molecule has 3 aromatic carbocycles. The molecule has 0 saturated carbocycles. The van der Waals surface area contributed by atoms with Gasteiger partial charge in [0.2, 0.25) is 5.91 Å². The second kappa shape index (κ2) is 9.87. The van der Waals surface area contributed by atoms with E-state index >= 15 is 0 Å². The summed E-state index contributed by atoms with van der Waals surface area (Å²) in [5.74, 6) is -0.645. The molecule has 3 rings (SSSR count). The van der Waals surface area contributed by atoms with E-state index in [0.29, 0.717) is 11.3 Å². The third-order valence-electron chi connectivity index (χ3n) is 5.11. The summed E-state index contributed by atoms with van der Waals surface area (Å²) >= 11 is 0. The van der Waals surface area contributed by atoms with E-state index in [9.17, 15) is 18.0 Å². The molecule has 8 heteroatoms. The molecule has 0 aliphatic carbocycles. The Morgan fingerprint density at radius 3 is 2.03 bits per heavy atom. The topological polar surface area (TPSA) is 95.6 Å². The molecule has 0 aliphatic heterocycles. The highest BCUT2D eigenvalue weighted by Gasteiger charge is 2.18. The zero-order valence-electron chi connectivity index (χ0n) is 19.0. The van der Waals surface area contributed by atoms with E-state index in [0.717, 1.165) is 22.4 Å². The standard InChI is InChI=1S/C25H27N3O4S/c1-17-14-18(2)24(19(3)15-17)26-23(29)16-28(4)25(30)20-10-12-21(13-11-20)27-33(31,32)22-8-6-5-7-9-22/h5-15,27H,16H2,1-4H3,(H,26,29). The first-order valence-corrected chi connectivity index (χ1v) is 11.9. The quantitative estimate of drug-likeness (QED) is 0.549. The van der Waals surface area contributed by atoms with Crippen LogP contribution in [0.2, 0.25) is 0 Å². The number of carbonyl (C=O) groups is 2. The average Bonchev–Trinajstić information content (AvgIpc) is 2.76. The smallest absolute Gasteiger partial charge is 0.261 e. The van der Waals surface area contributed by atoms with E-state index in [1.54, 1.807) is 25.2 Å². The van der Waals surface area contributed by atoms with Gasteiger partial charge in [-0.25, -0.2) is 8.42 Å². The third-order valence-corrected chi connectivity index (χ3v) is 6.50. The van der Waals surface area contributed by atoms with E-state index in [-0.39, 0.29) is 23.3 Å². The number of aryl methyl sites for hydroxylation is 3. The van der Waals surface area contributed by atoms with Crippen molar-refractivity contribution in [3.63, 3.8) is 0 Å². The first-order valence-electron chi connectivity index (χ1n) is 10.4. The van der Waals surface area contributed by atoms with E-state index in [1.807, 2.05) is 32.9 Å². The van der Waals surface area contributed by atoms with Crippen LogP contribution in [0.1, 0.15) is 27.0 Å². The Kier molecular flexibility index (Phi) is 7.18. The highest BCUT2D eigenvalue weighted by atomic mass is 32.2. The summed E-state index contributed by atoms with van der Waals surface area (Å²) in [5, 5.41) is 2.88. The molecule has 0 aromatic heterocycles. The molecule has 7 nitrogen and oxygen atoms in total. The molecule has 0 saturated heterocycles. The Labute approximate surface area is 194 Å². The van der Waals surface area contributed by atoms with E-state index in [2.05, 4.69) is 10.0 Å². The zero-order chi connectivity index (χ0) is 24.2. The maximum Gasteiger partial charge on any atom is 0.261 e. The number of hydrogen-bond donors (Lipinski definition) is 2. The number of benzene rings is 3. The van der Waals surface area contributed by atoms with Crippen LogP contribution in [0, 0.1) is 20.8 Å². The number of likely N-dealkylation sites (N-methyl/N-ethyl adjacent to an activating group) is 1. The van der Waals surface area contributed by atoms with Crippen LogP contribution in [-0.4, -0.2) is 38.7 Å². The molecule has 33 heavy (non-hydrogen) atoms. The molecular weight excluding hydrogens is 438 g/mol. The first kappa shape index (κ1) is 24.0. The maximum atomic E-state index is 12.7. The molecule has 0 heterocycles. The second-order valence-corrected chi connectivity index (χ2v) is 9.66.